The van der Waals surface area contributed by atoms with Gasteiger partial charge in [-0.25, -0.2) is 4.98 Å². The van der Waals surface area contributed by atoms with Crippen LogP contribution in [0.2, 0.25) is 0 Å². The van der Waals surface area contributed by atoms with E-state index in [2.05, 4.69) is 25.0 Å². The van der Waals surface area contributed by atoms with Crippen molar-refractivity contribution in [2.24, 2.45) is 0 Å². The third-order valence-electron chi connectivity index (χ3n) is 6.48. The Morgan fingerprint density at radius 2 is 1.65 bits per heavy atom. The molecule has 0 unspecified atom stereocenters. The van der Waals surface area contributed by atoms with E-state index in [9.17, 15) is 0 Å². The minimum atomic E-state index is 0.495. The van der Waals surface area contributed by atoms with Gasteiger partial charge in [-0.05, 0) is 49.2 Å². The topological polar surface area (TPSA) is 67.5 Å². The zero-order valence-corrected chi connectivity index (χ0v) is 18.0. The average Bonchev–Trinajstić information content (AvgIpc) is 3.35. The van der Waals surface area contributed by atoms with E-state index in [0.29, 0.717) is 11.8 Å². The first-order valence-corrected chi connectivity index (χ1v) is 11.2. The van der Waals surface area contributed by atoms with Gasteiger partial charge in [0.1, 0.15) is 11.6 Å². The van der Waals surface area contributed by atoms with E-state index in [4.69, 9.17) is 9.15 Å². The molecule has 1 aromatic carbocycles. The van der Waals surface area contributed by atoms with Crippen LogP contribution in [0.5, 0.6) is 5.75 Å². The predicted molar refractivity (Wildman–Crippen MR) is 120 cm³/mol. The molecule has 162 valence electrons. The first kappa shape index (κ1) is 20.0. The van der Waals surface area contributed by atoms with Crippen molar-refractivity contribution in [1.29, 1.82) is 0 Å². The summed E-state index contributed by atoms with van der Waals surface area (Å²) in [6.45, 7) is 4.11. The van der Waals surface area contributed by atoms with Gasteiger partial charge < -0.3 is 14.1 Å². The van der Waals surface area contributed by atoms with Crippen molar-refractivity contribution in [3.05, 3.63) is 42.6 Å². The molecule has 0 radical (unpaired) electrons. The summed E-state index contributed by atoms with van der Waals surface area (Å²) in [7, 11) is 1.65. The lowest BCUT2D eigenvalue weighted by atomic mass is 9.94. The summed E-state index contributed by atoms with van der Waals surface area (Å²) in [5.74, 6) is 2.72. The Morgan fingerprint density at radius 1 is 0.903 bits per heavy atom. The number of rotatable bonds is 5. The summed E-state index contributed by atoms with van der Waals surface area (Å²) < 4.78 is 11.3. The van der Waals surface area contributed by atoms with Gasteiger partial charge in [0, 0.05) is 44.0 Å². The molecule has 2 fully saturated rings. The molecule has 2 aliphatic rings. The van der Waals surface area contributed by atoms with E-state index in [-0.39, 0.29) is 0 Å². The average molecular weight is 420 g/mol. The van der Waals surface area contributed by atoms with Crippen molar-refractivity contribution in [2.45, 2.75) is 38.1 Å². The van der Waals surface area contributed by atoms with Crippen molar-refractivity contribution >= 4 is 5.82 Å². The highest BCUT2D eigenvalue weighted by atomic mass is 16.5. The zero-order chi connectivity index (χ0) is 21.0. The lowest BCUT2D eigenvalue weighted by molar-refractivity contribution is 0.147. The summed E-state index contributed by atoms with van der Waals surface area (Å²) in [5, 5.41) is 8.59. The van der Waals surface area contributed by atoms with Crippen molar-refractivity contribution in [2.75, 3.05) is 38.2 Å². The van der Waals surface area contributed by atoms with Gasteiger partial charge in [-0.15, -0.1) is 10.2 Å². The van der Waals surface area contributed by atoms with Gasteiger partial charge in [0.25, 0.3) is 5.89 Å². The van der Waals surface area contributed by atoms with Gasteiger partial charge in [0.15, 0.2) is 0 Å². The molecular formula is C24H29N5O2. The fourth-order valence-corrected chi connectivity index (χ4v) is 4.74. The highest BCUT2D eigenvalue weighted by molar-refractivity contribution is 5.70. The predicted octanol–water partition coefficient (Wildman–Crippen LogP) is 4.26. The second-order valence-electron chi connectivity index (χ2n) is 8.33. The van der Waals surface area contributed by atoms with Gasteiger partial charge in [0.2, 0.25) is 5.89 Å². The third-order valence-corrected chi connectivity index (χ3v) is 6.48. The molecule has 2 aromatic heterocycles. The number of ether oxygens (including phenoxy) is 1. The molecule has 0 amide bonds. The summed E-state index contributed by atoms with van der Waals surface area (Å²) >= 11 is 0. The minimum absolute atomic E-state index is 0.495. The lowest BCUT2D eigenvalue weighted by Gasteiger charge is -2.41. The lowest BCUT2D eigenvalue weighted by Crippen LogP contribution is -2.51. The van der Waals surface area contributed by atoms with E-state index in [1.54, 1.807) is 7.11 Å². The van der Waals surface area contributed by atoms with Crippen LogP contribution < -0.4 is 9.64 Å². The molecule has 3 aromatic rings. The van der Waals surface area contributed by atoms with Crippen molar-refractivity contribution in [1.82, 2.24) is 20.1 Å². The molecule has 1 aliphatic carbocycles. The van der Waals surface area contributed by atoms with E-state index in [1.165, 1.54) is 32.1 Å². The Balaban J connectivity index is 1.32. The van der Waals surface area contributed by atoms with E-state index in [1.807, 2.05) is 42.6 Å². The van der Waals surface area contributed by atoms with Gasteiger partial charge in [-0.3, -0.25) is 4.90 Å². The van der Waals surface area contributed by atoms with Gasteiger partial charge in [-0.2, -0.15) is 0 Å². The molecule has 7 heteroatoms. The number of pyridine rings is 1. The number of methoxy groups -OCH3 is 1. The van der Waals surface area contributed by atoms with Crippen LogP contribution in [0.3, 0.4) is 0 Å². The third kappa shape index (κ3) is 4.28. The van der Waals surface area contributed by atoms with E-state index < -0.39 is 0 Å². The molecule has 0 spiro atoms. The number of hydrogen-bond donors (Lipinski definition) is 0. The Kier molecular flexibility index (Phi) is 5.84. The maximum atomic E-state index is 6.04. The Bertz CT molecular complexity index is 989. The largest absolute Gasteiger partial charge is 0.497 e. The molecule has 0 N–H and O–H groups in total. The van der Waals surface area contributed by atoms with E-state index in [0.717, 1.165) is 54.9 Å². The second kappa shape index (κ2) is 9.06. The SMILES string of the molecule is COc1ccc(-c2nnc(-c3cccnc3N3CCN(C4CCCCC4)CC3)o2)cc1. The molecule has 3 heterocycles. The van der Waals surface area contributed by atoms with E-state index >= 15 is 0 Å². The number of anilines is 1. The molecule has 1 aliphatic heterocycles. The number of benzene rings is 1. The van der Waals surface area contributed by atoms with Gasteiger partial charge in [0.05, 0.1) is 12.7 Å². The van der Waals surface area contributed by atoms with Crippen molar-refractivity contribution < 1.29 is 9.15 Å². The second-order valence-corrected chi connectivity index (χ2v) is 8.33. The van der Waals surface area contributed by atoms with Crippen molar-refractivity contribution in [3.63, 3.8) is 0 Å². The van der Waals surface area contributed by atoms with Crippen LogP contribution in [0.1, 0.15) is 32.1 Å². The maximum absolute atomic E-state index is 6.04. The molecule has 7 nitrogen and oxygen atoms in total. The zero-order valence-electron chi connectivity index (χ0n) is 18.0. The van der Waals surface area contributed by atoms with Crippen LogP contribution in [0.4, 0.5) is 5.82 Å². The van der Waals surface area contributed by atoms with Crippen LogP contribution in [0.25, 0.3) is 22.9 Å². The standard InChI is InChI=1S/C24H29N5O2/c1-30-20-11-9-18(10-12-20)23-26-27-24(31-23)21-8-5-13-25-22(21)29-16-14-28(15-17-29)19-6-3-2-4-7-19/h5,8-13,19H,2-4,6-7,14-17H2,1H3. The molecule has 5 rings (SSSR count). The molecular weight excluding hydrogens is 390 g/mol. The van der Waals surface area contributed by atoms with Crippen molar-refractivity contribution in [3.8, 4) is 28.7 Å². The molecule has 1 saturated carbocycles. The Hall–Kier alpha value is -2.93. The number of nitrogens with zero attached hydrogens (tertiary/aromatic N) is 5. The summed E-state index contributed by atoms with van der Waals surface area (Å²) in [6.07, 6.45) is 8.70. The summed E-state index contributed by atoms with van der Waals surface area (Å²) in [6, 6.07) is 12.3. The molecule has 0 atom stereocenters. The van der Waals surface area contributed by atoms with Crippen LogP contribution >= 0.6 is 0 Å². The van der Waals surface area contributed by atoms with Crippen LogP contribution in [-0.2, 0) is 0 Å². The fourth-order valence-electron chi connectivity index (χ4n) is 4.74. The number of piperazine rings is 1. The first-order chi connectivity index (χ1) is 15.3. The van der Waals surface area contributed by atoms with Crippen LogP contribution in [-0.4, -0.2) is 59.4 Å². The maximum Gasteiger partial charge on any atom is 0.251 e. The Morgan fingerprint density at radius 3 is 2.39 bits per heavy atom. The number of aromatic nitrogens is 3. The quantitative estimate of drug-likeness (QED) is 0.612. The summed E-state index contributed by atoms with van der Waals surface area (Å²) in [5.41, 5.74) is 1.76. The van der Waals surface area contributed by atoms with Crippen LogP contribution in [0.15, 0.2) is 47.0 Å². The minimum Gasteiger partial charge on any atom is -0.497 e. The van der Waals surface area contributed by atoms with Gasteiger partial charge in [-0.1, -0.05) is 19.3 Å². The molecule has 31 heavy (non-hydrogen) atoms. The molecule has 1 saturated heterocycles. The Labute approximate surface area is 183 Å². The summed E-state index contributed by atoms with van der Waals surface area (Å²) in [4.78, 5) is 9.71. The number of hydrogen-bond acceptors (Lipinski definition) is 7. The smallest absolute Gasteiger partial charge is 0.251 e. The highest BCUT2D eigenvalue weighted by Gasteiger charge is 2.27. The van der Waals surface area contributed by atoms with Gasteiger partial charge >= 0.3 is 0 Å². The monoisotopic (exact) mass is 419 g/mol. The highest BCUT2D eigenvalue weighted by Crippen LogP contribution is 2.32. The first-order valence-electron chi connectivity index (χ1n) is 11.2. The fraction of sp³-hybridized carbons (Fsp3) is 0.458. The molecule has 0 bridgehead atoms. The van der Waals surface area contributed by atoms with Crippen LogP contribution in [0, 0.1) is 0 Å². The normalized spacial score (nSPS) is 18.3.